The highest BCUT2D eigenvalue weighted by atomic mass is 16.5. The molecule has 3 rings (SSSR count). The highest BCUT2D eigenvalue weighted by Crippen LogP contribution is 2.16. The zero-order chi connectivity index (χ0) is 17.5. The van der Waals surface area contributed by atoms with E-state index in [0.29, 0.717) is 37.0 Å². The summed E-state index contributed by atoms with van der Waals surface area (Å²) in [4.78, 5) is 16.0. The van der Waals surface area contributed by atoms with Crippen molar-refractivity contribution in [3.8, 4) is 17.3 Å². The maximum Gasteiger partial charge on any atom is 0.238 e. The molecule has 0 aliphatic rings. The molecule has 0 fully saturated rings. The molecule has 25 heavy (non-hydrogen) atoms. The summed E-state index contributed by atoms with van der Waals surface area (Å²) in [6, 6.07) is 11.3. The maximum absolute atomic E-state index is 11.8. The number of nitrogens with zero attached hydrogens (tertiary/aromatic N) is 2. The van der Waals surface area contributed by atoms with Crippen LogP contribution in [-0.2, 0) is 11.2 Å². The average Bonchev–Trinajstić information content (AvgIpc) is 3.28. The summed E-state index contributed by atoms with van der Waals surface area (Å²) in [6.07, 6.45) is 2.18. The first-order valence-corrected chi connectivity index (χ1v) is 8.03. The summed E-state index contributed by atoms with van der Waals surface area (Å²) < 4.78 is 15.9. The number of ether oxygens (including phenoxy) is 1. The van der Waals surface area contributed by atoms with Crippen LogP contribution in [0.25, 0.3) is 11.6 Å². The van der Waals surface area contributed by atoms with Crippen molar-refractivity contribution in [1.82, 2.24) is 15.5 Å². The number of furan rings is 1. The van der Waals surface area contributed by atoms with Crippen LogP contribution in [0.3, 0.4) is 0 Å². The Hall–Kier alpha value is -3.09. The molecule has 7 heteroatoms. The van der Waals surface area contributed by atoms with Gasteiger partial charge in [0.15, 0.2) is 5.76 Å². The Labute approximate surface area is 145 Å². The van der Waals surface area contributed by atoms with Crippen molar-refractivity contribution in [3.63, 3.8) is 0 Å². The average molecular weight is 341 g/mol. The van der Waals surface area contributed by atoms with E-state index in [-0.39, 0.29) is 12.3 Å². The molecule has 3 aromatic rings. The van der Waals surface area contributed by atoms with Gasteiger partial charge in [0, 0.05) is 12.8 Å². The van der Waals surface area contributed by atoms with E-state index < -0.39 is 0 Å². The third kappa shape index (κ3) is 4.94. The van der Waals surface area contributed by atoms with Crippen molar-refractivity contribution in [2.45, 2.75) is 19.8 Å². The van der Waals surface area contributed by atoms with E-state index in [0.717, 1.165) is 11.3 Å². The maximum atomic E-state index is 11.8. The van der Waals surface area contributed by atoms with Crippen molar-refractivity contribution in [2.24, 2.45) is 0 Å². The Kier molecular flexibility index (Phi) is 5.46. The Bertz CT molecular complexity index is 811. The van der Waals surface area contributed by atoms with Gasteiger partial charge in [0.05, 0.1) is 12.8 Å². The highest BCUT2D eigenvalue weighted by molar-refractivity contribution is 5.76. The minimum Gasteiger partial charge on any atom is -0.492 e. The minimum atomic E-state index is -0.0920. The van der Waals surface area contributed by atoms with Crippen LogP contribution >= 0.6 is 0 Å². The molecule has 0 saturated carbocycles. The summed E-state index contributed by atoms with van der Waals surface area (Å²) in [7, 11) is 0. The minimum absolute atomic E-state index is 0.0920. The number of benzene rings is 1. The van der Waals surface area contributed by atoms with E-state index in [9.17, 15) is 4.79 Å². The molecule has 1 amide bonds. The second kappa shape index (κ2) is 8.14. The van der Waals surface area contributed by atoms with Crippen LogP contribution in [-0.4, -0.2) is 29.2 Å². The molecule has 130 valence electrons. The number of aromatic nitrogens is 2. The topological polar surface area (TPSA) is 90.4 Å². The second-order valence-electron chi connectivity index (χ2n) is 5.50. The fraction of sp³-hybridized carbons (Fsp3) is 0.278. The van der Waals surface area contributed by atoms with Gasteiger partial charge in [-0.2, -0.15) is 4.98 Å². The molecule has 0 unspecified atom stereocenters. The van der Waals surface area contributed by atoms with Crippen LogP contribution in [0.15, 0.2) is 51.6 Å². The first kappa shape index (κ1) is 16.8. The van der Waals surface area contributed by atoms with Crippen molar-refractivity contribution in [3.05, 3.63) is 54.1 Å². The number of hydrogen-bond acceptors (Lipinski definition) is 6. The van der Waals surface area contributed by atoms with Gasteiger partial charge in [-0.15, -0.1) is 0 Å². The molecular formula is C18H19N3O4. The van der Waals surface area contributed by atoms with Gasteiger partial charge in [-0.25, -0.2) is 0 Å². The second-order valence-corrected chi connectivity index (χ2v) is 5.50. The standard InChI is InChI=1S/C18H19N3O4/c1-13-4-2-5-14(12-13)23-11-9-19-16(22)7-8-17-20-18(21-25-17)15-6-3-10-24-15/h2-6,10,12H,7-9,11H2,1H3,(H,19,22). The number of nitrogens with one attached hydrogen (secondary N) is 1. The zero-order valence-corrected chi connectivity index (χ0v) is 13.9. The van der Waals surface area contributed by atoms with Crippen LogP contribution in [0.5, 0.6) is 5.75 Å². The summed E-state index contributed by atoms with van der Waals surface area (Å²) in [6.45, 7) is 2.86. The lowest BCUT2D eigenvalue weighted by atomic mass is 10.2. The molecule has 0 aliphatic carbocycles. The summed E-state index contributed by atoms with van der Waals surface area (Å²) in [5.41, 5.74) is 1.13. The van der Waals surface area contributed by atoms with Gasteiger partial charge in [-0.3, -0.25) is 4.79 Å². The number of rotatable bonds is 8. The smallest absolute Gasteiger partial charge is 0.238 e. The van der Waals surface area contributed by atoms with Gasteiger partial charge in [0.25, 0.3) is 0 Å². The van der Waals surface area contributed by atoms with Crippen molar-refractivity contribution < 1.29 is 18.5 Å². The van der Waals surface area contributed by atoms with Gasteiger partial charge in [0.1, 0.15) is 12.4 Å². The number of carbonyl (C=O) groups excluding carboxylic acids is 1. The molecule has 1 aromatic carbocycles. The predicted octanol–water partition coefficient (Wildman–Crippen LogP) is 2.77. The summed E-state index contributed by atoms with van der Waals surface area (Å²) in [5, 5.41) is 6.62. The normalized spacial score (nSPS) is 10.6. The number of hydrogen-bond donors (Lipinski definition) is 1. The highest BCUT2D eigenvalue weighted by Gasteiger charge is 2.12. The van der Waals surface area contributed by atoms with Crippen LogP contribution in [0.4, 0.5) is 0 Å². The first-order valence-electron chi connectivity index (χ1n) is 8.03. The Morgan fingerprint density at radius 3 is 3.00 bits per heavy atom. The summed E-state index contributed by atoms with van der Waals surface area (Å²) in [5.74, 6) is 2.02. The van der Waals surface area contributed by atoms with E-state index in [1.807, 2.05) is 31.2 Å². The molecule has 2 heterocycles. The van der Waals surface area contributed by atoms with Crippen LogP contribution < -0.4 is 10.1 Å². The van der Waals surface area contributed by atoms with E-state index >= 15 is 0 Å². The fourth-order valence-electron chi connectivity index (χ4n) is 2.24. The van der Waals surface area contributed by atoms with Crippen molar-refractivity contribution >= 4 is 5.91 Å². The predicted molar refractivity (Wildman–Crippen MR) is 90.0 cm³/mol. The van der Waals surface area contributed by atoms with E-state index in [1.165, 1.54) is 6.26 Å². The van der Waals surface area contributed by atoms with E-state index in [4.69, 9.17) is 13.7 Å². The first-order chi connectivity index (χ1) is 12.2. The van der Waals surface area contributed by atoms with Gasteiger partial charge in [0.2, 0.25) is 17.6 Å². The molecular weight excluding hydrogens is 322 g/mol. The lowest BCUT2D eigenvalue weighted by Gasteiger charge is -2.07. The van der Waals surface area contributed by atoms with Gasteiger partial charge in [-0.1, -0.05) is 17.3 Å². The third-order valence-corrected chi connectivity index (χ3v) is 3.46. The number of amides is 1. The van der Waals surface area contributed by atoms with Gasteiger partial charge in [-0.05, 0) is 36.8 Å². The Morgan fingerprint density at radius 1 is 1.28 bits per heavy atom. The van der Waals surface area contributed by atoms with Crippen molar-refractivity contribution in [1.29, 1.82) is 0 Å². The molecule has 0 spiro atoms. The molecule has 0 bridgehead atoms. The number of aryl methyl sites for hydroxylation is 2. The molecule has 2 aromatic heterocycles. The fourth-order valence-corrected chi connectivity index (χ4v) is 2.24. The Balaban J connectivity index is 1.35. The van der Waals surface area contributed by atoms with Gasteiger partial charge >= 0.3 is 0 Å². The lowest BCUT2D eigenvalue weighted by molar-refractivity contribution is -0.121. The van der Waals surface area contributed by atoms with Crippen LogP contribution in [0.1, 0.15) is 17.9 Å². The molecule has 1 N–H and O–H groups in total. The van der Waals surface area contributed by atoms with Crippen LogP contribution in [0, 0.1) is 6.92 Å². The Morgan fingerprint density at radius 2 is 2.20 bits per heavy atom. The lowest BCUT2D eigenvalue weighted by Crippen LogP contribution is -2.28. The molecule has 7 nitrogen and oxygen atoms in total. The summed E-state index contributed by atoms with van der Waals surface area (Å²) >= 11 is 0. The quantitative estimate of drug-likeness (QED) is 0.634. The van der Waals surface area contributed by atoms with Crippen molar-refractivity contribution in [2.75, 3.05) is 13.2 Å². The molecule has 0 atom stereocenters. The monoisotopic (exact) mass is 341 g/mol. The zero-order valence-electron chi connectivity index (χ0n) is 13.9. The SMILES string of the molecule is Cc1cccc(OCCNC(=O)CCc2nc(-c3ccco3)no2)c1. The van der Waals surface area contributed by atoms with Crippen LogP contribution in [0.2, 0.25) is 0 Å². The largest absolute Gasteiger partial charge is 0.492 e. The van der Waals surface area contributed by atoms with Gasteiger partial charge < -0.3 is 19.0 Å². The molecule has 0 aliphatic heterocycles. The molecule has 0 radical (unpaired) electrons. The third-order valence-electron chi connectivity index (χ3n) is 3.46. The van der Waals surface area contributed by atoms with E-state index in [1.54, 1.807) is 12.1 Å². The number of carbonyl (C=O) groups is 1. The molecule has 0 saturated heterocycles. The van der Waals surface area contributed by atoms with E-state index in [2.05, 4.69) is 15.5 Å².